The van der Waals surface area contributed by atoms with Crippen molar-refractivity contribution in [1.82, 2.24) is 4.98 Å². The lowest BCUT2D eigenvalue weighted by atomic mass is 9.94. The number of hydrogen-bond donors (Lipinski definition) is 0. The van der Waals surface area contributed by atoms with E-state index in [0.717, 1.165) is 5.69 Å². The molecule has 0 amide bonds. The van der Waals surface area contributed by atoms with Crippen LogP contribution in [0.2, 0.25) is 0 Å². The summed E-state index contributed by atoms with van der Waals surface area (Å²) in [5, 5.41) is 10.2. The highest BCUT2D eigenvalue weighted by Crippen LogP contribution is 2.41. The average molecular weight is 472 g/mol. The quantitative estimate of drug-likeness (QED) is 0.217. The highest BCUT2D eigenvalue weighted by atomic mass is 32.1. The number of thiophene rings is 1. The standard InChI is InChI=1S/C29H17NS.2C2H6/c1-3-10-20-18(8-1)19-9-2-4-11-21(19)26-17-30-27(16-25(20)26)24-14-7-13-23-22-12-5-6-15-28(22)31-29(23)24;2*1-2/h1-17H;2*1-2H3. The molecule has 0 radical (unpaired) electrons. The summed E-state index contributed by atoms with van der Waals surface area (Å²) >= 11 is 1.85. The third-order valence-corrected chi connectivity index (χ3v) is 7.53. The predicted octanol–water partition coefficient (Wildman–Crippen LogP) is 10.6. The van der Waals surface area contributed by atoms with Crippen molar-refractivity contribution < 1.29 is 0 Å². The number of hydrogen-bond acceptors (Lipinski definition) is 2. The molecule has 0 aliphatic carbocycles. The molecule has 2 heteroatoms. The largest absolute Gasteiger partial charge is 0.256 e. The Kier molecular flexibility index (Phi) is 6.48. The van der Waals surface area contributed by atoms with Crippen molar-refractivity contribution in [2.75, 3.05) is 0 Å². The van der Waals surface area contributed by atoms with Crippen LogP contribution in [-0.2, 0) is 0 Å². The summed E-state index contributed by atoms with van der Waals surface area (Å²) in [7, 11) is 0. The van der Waals surface area contributed by atoms with Crippen molar-refractivity contribution in [2.24, 2.45) is 0 Å². The first kappa shape index (κ1) is 23.0. The summed E-state index contributed by atoms with van der Waals surface area (Å²) < 4.78 is 2.63. The third kappa shape index (κ3) is 3.75. The van der Waals surface area contributed by atoms with Crippen LogP contribution in [0.25, 0.3) is 63.7 Å². The molecule has 0 aliphatic heterocycles. The Morgan fingerprint density at radius 2 is 1.00 bits per heavy atom. The molecule has 1 nitrogen and oxygen atoms in total. The van der Waals surface area contributed by atoms with Crippen molar-refractivity contribution in [1.29, 1.82) is 0 Å². The van der Waals surface area contributed by atoms with Gasteiger partial charge in [0.1, 0.15) is 0 Å². The molecule has 0 aliphatic rings. The van der Waals surface area contributed by atoms with E-state index in [2.05, 4.69) is 103 Å². The Balaban J connectivity index is 0.000000605. The lowest BCUT2D eigenvalue weighted by Crippen LogP contribution is -1.88. The Bertz CT molecular complexity index is 1760. The number of nitrogens with zero attached hydrogens (tertiary/aromatic N) is 1. The minimum absolute atomic E-state index is 1.03. The van der Waals surface area contributed by atoms with Gasteiger partial charge in [-0.15, -0.1) is 11.3 Å². The fourth-order valence-electron chi connectivity index (χ4n) is 4.89. The molecule has 0 unspecified atom stereocenters. The van der Waals surface area contributed by atoms with E-state index in [9.17, 15) is 0 Å². The van der Waals surface area contributed by atoms with Crippen LogP contribution >= 0.6 is 11.3 Å². The van der Waals surface area contributed by atoms with Gasteiger partial charge in [-0.1, -0.05) is 113 Å². The fraction of sp³-hybridized carbons (Fsp3) is 0.121. The van der Waals surface area contributed by atoms with Gasteiger partial charge in [0.15, 0.2) is 0 Å². The van der Waals surface area contributed by atoms with Crippen molar-refractivity contribution in [3.8, 4) is 11.3 Å². The van der Waals surface area contributed by atoms with E-state index in [-0.39, 0.29) is 0 Å². The highest BCUT2D eigenvalue weighted by molar-refractivity contribution is 7.26. The van der Waals surface area contributed by atoms with Crippen molar-refractivity contribution in [3.05, 3.63) is 103 Å². The average Bonchev–Trinajstić information content (AvgIpc) is 3.34. The van der Waals surface area contributed by atoms with E-state index in [1.807, 2.05) is 39.0 Å². The van der Waals surface area contributed by atoms with Crippen LogP contribution in [0.4, 0.5) is 0 Å². The van der Waals surface area contributed by atoms with Crippen molar-refractivity contribution in [3.63, 3.8) is 0 Å². The van der Waals surface area contributed by atoms with Crippen LogP contribution in [0.1, 0.15) is 27.7 Å². The van der Waals surface area contributed by atoms with Gasteiger partial charge in [-0.05, 0) is 39.1 Å². The zero-order chi connectivity index (χ0) is 24.4. The van der Waals surface area contributed by atoms with Gasteiger partial charge < -0.3 is 0 Å². The minimum atomic E-state index is 1.03. The Morgan fingerprint density at radius 3 is 1.66 bits per heavy atom. The molecule has 7 rings (SSSR count). The van der Waals surface area contributed by atoms with Gasteiger partial charge in [0.25, 0.3) is 0 Å². The highest BCUT2D eigenvalue weighted by Gasteiger charge is 2.13. The van der Waals surface area contributed by atoms with E-state index in [4.69, 9.17) is 4.98 Å². The van der Waals surface area contributed by atoms with Crippen LogP contribution in [-0.4, -0.2) is 4.98 Å². The molecule has 5 aromatic carbocycles. The van der Waals surface area contributed by atoms with E-state index in [0.29, 0.717) is 0 Å². The summed E-state index contributed by atoms with van der Waals surface area (Å²) in [4.78, 5) is 4.96. The van der Waals surface area contributed by atoms with E-state index in [1.165, 1.54) is 58.1 Å². The number of rotatable bonds is 1. The monoisotopic (exact) mass is 471 g/mol. The maximum absolute atomic E-state index is 4.96. The summed E-state index contributed by atoms with van der Waals surface area (Å²) in [6.07, 6.45) is 2.06. The summed E-state index contributed by atoms with van der Waals surface area (Å²) in [6.45, 7) is 8.00. The zero-order valence-corrected chi connectivity index (χ0v) is 21.5. The van der Waals surface area contributed by atoms with Crippen LogP contribution in [0.5, 0.6) is 0 Å². The van der Waals surface area contributed by atoms with Crippen LogP contribution < -0.4 is 0 Å². The van der Waals surface area contributed by atoms with Gasteiger partial charge in [0.05, 0.1) is 5.69 Å². The first-order valence-corrected chi connectivity index (χ1v) is 13.3. The topological polar surface area (TPSA) is 12.9 Å². The summed E-state index contributed by atoms with van der Waals surface area (Å²) in [5.74, 6) is 0. The minimum Gasteiger partial charge on any atom is -0.256 e. The second kappa shape index (κ2) is 9.85. The summed E-state index contributed by atoms with van der Waals surface area (Å²) in [5.41, 5.74) is 2.24. The molecule has 0 spiro atoms. The van der Waals surface area contributed by atoms with Crippen molar-refractivity contribution in [2.45, 2.75) is 27.7 Å². The van der Waals surface area contributed by atoms with Gasteiger partial charge in [0.2, 0.25) is 0 Å². The molecule has 172 valence electrons. The molecule has 7 aromatic rings. The number of pyridine rings is 1. The molecule has 0 atom stereocenters. The van der Waals surface area contributed by atoms with Gasteiger partial charge in [-0.3, -0.25) is 4.98 Å². The number of fused-ring (bicyclic) bond motifs is 9. The smallest absolute Gasteiger partial charge is 0.0723 e. The first-order valence-electron chi connectivity index (χ1n) is 12.5. The van der Waals surface area contributed by atoms with E-state index in [1.54, 1.807) is 0 Å². The molecule has 35 heavy (non-hydrogen) atoms. The van der Waals surface area contributed by atoms with Crippen molar-refractivity contribution >= 4 is 63.8 Å². The van der Waals surface area contributed by atoms with E-state index < -0.39 is 0 Å². The zero-order valence-electron chi connectivity index (χ0n) is 20.7. The molecule has 0 N–H and O–H groups in total. The molecule has 0 fully saturated rings. The molecule has 0 saturated carbocycles. The fourth-order valence-corrected chi connectivity index (χ4v) is 6.12. The number of aromatic nitrogens is 1. The first-order chi connectivity index (χ1) is 17.4. The Morgan fingerprint density at radius 1 is 0.486 bits per heavy atom. The maximum Gasteiger partial charge on any atom is 0.0723 e. The SMILES string of the molecule is CC.CC.c1ccc2c(c1)sc1c(-c3cc4c5ccccc5c5ccccc5c4cn3)cccc12. The maximum atomic E-state index is 4.96. The lowest BCUT2D eigenvalue weighted by molar-refractivity contribution is 1.37. The lowest BCUT2D eigenvalue weighted by Gasteiger charge is -2.11. The molecular weight excluding hydrogens is 442 g/mol. The van der Waals surface area contributed by atoms with E-state index >= 15 is 0 Å². The third-order valence-electron chi connectivity index (χ3n) is 6.31. The van der Waals surface area contributed by atoms with Gasteiger partial charge >= 0.3 is 0 Å². The molecule has 0 bridgehead atoms. The molecule has 0 saturated heterocycles. The molecular formula is C33H29NS. The van der Waals surface area contributed by atoms with Crippen LogP contribution in [0, 0.1) is 0 Å². The summed E-state index contributed by atoms with van der Waals surface area (Å²) in [6, 6.07) is 34.9. The second-order valence-electron chi connectivity index (χ2n) is 7.99. The number of benzene rings is 5. The molecule has 2 heterocycles. The van der Waals surface area contributed by atoms with Gasteiger partial charge in [-0.2, -0.15) is 0 Å². The van der Waals surface area contributed by atoms with Gasteiger partial charge in [0, 0.05) is 37.3 Å². The predicted molar refractivity (Wildman–Crippen MR) is 158 cm³/mol. The van der Waals surface area contributed by atoms with Gasteiger partial charge in [-0.25, -0.2) is 0 Å². The second-order valence-corrected chi connectivity index (χ2v) is 9.04. The van der Waals surface area contributed by atoms with Crippen LogP contribution in [0.3, 0.4) is 0 Å². The normalized spacial score (nSPS) is 10.9. The Hall–Kier alpha value is -3.75. The van der Waals surface area contributed by atoms with Crippen LogP contribution in [0.15, 0.2) is 103 Å². The Labute approximate surface area is 210 Å². The molecule has 2 aromatic heterocycles.